The number of carbonyl (C=O) groups excluding carboxylic acids is 1. The van der Waals surface area contributed by atoms with Gasteiger partial charge in [0.25, 0.3) is 5.91 Å². The van der Waals surface area contributed by atoms with E-state index >= 15 is 0 Å². The second-order valence-electron chi connectivity index (χ2n) is 7.68. The summed E-state index contributed by atoms with van der Waals surface area (Å²) in [6.07, 6.45) is 4.65. The summed E-state index contributed by atoms with van der Waals surface area (Å²) < 4.78 is 10.9. The molecule has 1 heterocycles. The number of hydrogen-bond acceptors (Lipinski definition) is 5. The van der Waals surface area contributed by atoms with Gasteiger partial charge < -0.3 is 19.7 Å². The van der Waals surface area contributed by atoms with E-state index < -0.39 is 0 Å². The van der Waals surface area contributed by atoms with Crippen molar-refractivity contribution >= 4 is 23.4 Å². The van der Waals surface area contributed by atoms with Gasteiger partial charge in [-0.05, 0) is 54.3 Å². The van der Waals surface area contributed by atoms with Crippen molar-refractivity contribution in [3.8, 4) is 11.5 Å². The summed E-state index contributed by atoms with van der Waals surface area (Å²) in [6.45, 7) is 1.58. The first kappa shape index (κ1) is 20.0. The molecule has 1 aliphatic heterocycles. The number of rotatable bonds is 9. The molecule has 0 saturated heterocycles. The fourth-order valence-corrected chi connectivity index (χ4v) is 4.63. The smallest absolute Gasteiger partial charge is 0.257 e. The van der Waals surface area contributed by atoms with Crippen molar-refractivity contribution in [2.24, 2.45) is 5.92 Å². The van der Waals surface area contributed by atoms with E-state index in [1.807, 2.05) is 35.2 Å². The summed E-state index contributed by atoms with van der Waals surface area (Å²) in [5.74, 6) is 3.07. The molecular formula is C23H28N2O3S. The lowest BCUT2D eigenvalue weighted by molar-refractivity contribution is 0.0720. The van der Waals surface area contributed by atoms with Crippen LogP contribution in [0.3, 0.4) is 0 Å². The Morgan fingerprint density at radius 3 is 2.66 bits per heavy atom. The fourth-order valence-electron chi connectivity index (χ4n) is 3.94. The summed E-state index contributed by atoms with van der Waals surface area (Å²) >= 11 is 1.74. The molecule has 6 heteroatoms. The highest BCUT2D eigenvalue weighted by atomic mass is 32.2. The highest BCUT2D eigenvalue weighted by Gasteiger charge is 2.35. The third-order valence-electron chi connectivity index (χ3n) is 5.74. The zero-order valence-electron chi connectivity index (χ0n) is 17.2. The zero-order chi connectivity index (χ0) is 20.4. The van der Waals surface area contributed by atoms with Gasteiger partial charge in [0.1, 0.15) is 0 Å². The average Bonchev–Trinajstić information content (AvgIpc) is 3.52. The number of carbonyl (C=O) groups is 1. The Morgan fingerprint density at radius 2 is 1.97 bits per heavy atom. The lowest BCUT2D eigenvalue weighted by Crippen LogP contribution is -2.31. The lowest BCUT2D eigenvalue weighted by Gasteiger charge is -2.28. The molecule has 0 spiro atoms. The van der Waals surface area contributed by atoms with Gasteiger partial charge in [-0.15, -0.1) is 0 Å². The number of hydrogen-bond donors (Lipinski definition) is 1. The molecular weight excluding hydrogens is 384 g/mol. The Morgan fingerprint density at radius 1 is 1.17 bits per heavy atom. The first-order valence-corrected chi connectivity index (χ1v) is 11.4. The van der Waals surface area contributed by atoms with E-state index in [1.54, 1.807) is 26.0 Å². The lowest BCUT2D eigenvalue weighted by atomic mass is 10.1. The van der Waals surface area contributed by atoms with Crippen molar-refractivity contribution in [3.63, 3.8) is 0 Å². The molecule has 1 N–H and O–H groups in total. The number of thioether (sulfide) groups is 1. The van der Waals surface area contributed by atoms with E-state index in [2.05, 4.69) is 17.6 Å². The number of nitrogens with one attached hydrogen (secondary N) is 1. The standard InChI is InChI=1S/C23H28N2O3S/c1-27-20-10-9-16(11-21(20)28-2)19(14-29-3)25-13-17-5-4-6-18(22(17)23(25)26)24-12-15-7-8-15/h4-6,9-11,15,19,24H,7-8,12-14H2,1-3H3. The second kappa shape index (κ2) is 8.57. The van der Waals surface area contributed by atoms with Crippen LogP contribution in [-0.4, -0.2) is 43.6 Å². The monoisotopic (exact) mass is 412 g/mol. The van der Waals surface area contributed by atoms with Crippen LogP contribution in [0.15, 0.2) is 36.4 Å². The molecule has 0 aromatic heterocycles. The van der Waals surface area contributed by atoms with Crippen molar-refractivity contribution < 1.29 is 14.3 Å². The summed E-state index contributed by atoms with van der Waals surface area (Å²) in [5.41, 5.74) is 3.96. The predicted octanol–water partition coefficient (Wildman–Crippen LogP) is 4.59. The summed E-state index contributed by atoms with van der Waals surface area (Å²) in [7, 11) is 3.27. The van der Waals surface area contributed by atoms with Crippen LogP contribution in [-0.2, 0) is 6.54 Å². The van der Waals surface area contributed by atoms with Crippen molar-refractivity contribution in [2.45, 2.75) is 25.4 Å². The van der Waals surface area contributed by atoms with Gasteiger partial charge in [-0.2, -0.15) is 11.8 Å². The number of amides is 1. The second-order valence-corrected chi connectivity index (χ2v) is 8.59. The van der Waals surface area contributed by atoms with Gasteiger partial charge in [0.05, 0.1) is 25.8 Å². The first-order chi connectivity index (χ1) is 14.2. The molecule has 0 bridgehead atoms. The number of ether oxygens (including phenoxy) is 2. The quantitative estimate of drug-likeness (QED) is 0.653. The van der Waals surface area contributed by atoms with Gasteiger partial charge in [-0.1, -0.05) is 18.2 Å². The van der Waals surface area contributed by atoms with Crippen LogP contribution in [0.1, 0.15) is 40.4 Å². The Kier molecular flexibility index (Phi) is 5.90. The van der Waals surface area contributed by atoms with Crippen LogP contribution < -0.4 is 14.8 Å². The maximum atomic E-state index is 13.5. The Balaban J connectivity index is 1.63. The minimum atomic E-state index is -0.0269. The molecule has 1 atom stereocenters. The van der Waals surface area contributed by atoms with Crippen LogP contribution in [0.2, 0.25) is 0 Å². The van der Waals surface area contributed by atoms with Crippen LogP contribution in [0.4, 0.5) is 5.69 Å². The molecule has 1 saturated carbocycles. The number of nitrogens with zero attached hydrogens (tertiary/aromatic N) is 1. The van der Waals surface area contributed by atoms with Crippen LogP contribution in [0, 0.1) is 5.92 Å². The van der Waals surface area contributed by atoms with E-state index in [4.69, 9.17) is 9.47 Å². The zero-order valence-corrected chi connectivity index (χ0v) is 18.1. The Bertz CT molecular complexity index is 898. The van der Waals surface area contributed by atoms with Gasteiger partial charge in [-0.3, -0.25) is 4.79 Å². The van der Waals surface area contributed by atoms with Crippen molar-refractivity contribution in [1.82, 2.24) is 4.90 Å². The van der Waals surface area contributed by atoms with E-state index in [1.165, 1.54) is 12.8 Å². The summed E-state index contributed by atoms with van der Waals surface area (Å²) in [6, 6.07) is 12.1. The SMILES string of the molecule is COc1ccc(C(CSC)N2Cc3cccc(NCC4CC4)c3C2=O)cc1OC. The van der Waals surface area contributed by atoms with Crippen molar-refractivity contribution in [1.29, 1.82) is 0 Å². The summed E-state index contributed by atoms with van der Waals surface area (Å²) in [5, 5.41) is 3.51. The molecule has 29 heavy (non-hydrogen) atoms. The molecule has 1 amide bonds. The molecule has 4 rings (SSSR count). The topological polar surface area (TPSA) is 50.8 Å². The minimum absolute atomic E-state index is 0.0269. The highest BCUT2D eigenvalue weighted by Crippen LogP contribution is 2.39. The van der Waals surface area contributed by atoms with Gasteiger partial charge >= 0.3 is 0 Å². The van der Waals surface area contributed by atoms with Gasteiger partial charge in [-0.25, -0.2) is 0 Å². The molecule has 5 nitrogen and oxygen atoms in total. The van der Waals surface area contributed by atoms with E-state index in [0.717, 1.165) is 40.6 Å². The fraction of sp³-hybridized carbons (Fsp3) is 0.435. The largest absolute Gasteiger partial charge is 0.493 e. The number of fused-ring (bicyclic) bond motifs is 1. The average molecular weight is 413 g/mol. The molecule has 1 unspecified atom stereocenters. The molecule has 154 valence electrons. The van der Waals surface area contributed by atoms with Crippen LogP contribution in [0.25, 0.3) is 0 Å². The maximum Gasteiger partial charge on any atom is 0.257 e. The van der Waals surface area contributed by atoms with E-state index in [9.17, 15) is 4.79 Å². The molecule has 1 fully saturated rings. The minimum Gasteiger partial charge on any atom is -0.493 e. The van der Waals surface area contributed by atoms with Crippen molar-refractivity contribution in [2.75, 3.05) is 38.1 Å². The normalized spacial score (nSPS) is 16.5. The number of anilines is 1. The molecule has 1 aliphatic carbocycles. The third kappa shape index (κ3) is 4.04. The van der Waals surface area contributed by atoms with E-state index in [0.29, 0.717) is 18.0 Å². The number of methoxy groups -OCH3 is 2. The number of benzene rings is 2. The Hall–Kier alpha value is -2.34. The van der Waals surface area contributed by atoms with Gasteiger partial charge in [0.15, 0.2) is 11.5 Å². The first-order valence-electron chi connectivity index (χ1n) is 10.0. The van der Waals surface area contributed by atoms with Gasteiger partial charge in [0.2, 0.25) is 0 Å². The van der Waals surface area contributed by atoms with E-state index in [-0.39, 0.29) is 11.9 Å². The maximum absolute atomic E-state index is 13.5. The molecule has 2 aliphatic rings. The third-order valence-corrected chi connectivity index (χ3v) is 6.39. The highest BCUT2D eigenvalue weighted by molar-refractivity contribution is 7.98. The van der Waals surface area contributed by atoms with Gasteiger partial charge in [0, 0.05) is 24.5 Å². The van der Waals surface area contributed by atoms with Crippen LogP contribution in [0.5, 0.6) is 11.5 Å². The molecule has 2 aromatic carbocycles. The summed E-state index contributed by atoms with van der Waals surface area (Å²) in [4.78, 5) is 15.5. The predicted molar refractivity (Wildman–Crippen MR) is 118 cm³/mol. The van der Waals surface area contributed by atoms with Crippen molar-refractivity contribution in [3.05, 3.63) is 53.1 Å². The Labute approximate surface area is 176 Å². The molecule has 0 radical (unpaired) electrons. The molecule has 2 aromatic rings. The van der Waals surface area contributed by atoms with Crippen LogP contribution >= 0.6 is 11.8 Å².